The number of rotatable bonds is 4. The Morgan fingerprint density at radius 3 is 2.58 bits per heavy atom. The van der Waals surface area contributed by atoms with Crippen molar-refractivity contribution in [3.05, 3.63) is 65.2 Å². The number of amides is 1. The van der Waals surface area contributed by atoms with Gasteiger partial charge in [-0.2, -0.15) is 5.26 Å². The first-order valence-electron chi connectivity index (χ1n) is 8.01. The number of aliphatic imine (C=N–C) groups is 1. The highest BCUT2D eigenvalue weighted by atomic mass is 32.2. The summed E-state index contributed by atoms with van der Waals surface area (Å²) in [6.07, 6.45) is 1.14. The summed E-state index contributed by atoms with van der Waals surface area (Å²) in [7, 11) is -3.22. The van der Waals surface area contributed by atoms with Gasteiger partial charge in [-0.3, -0.25) is 9.79 Å². The highest BCUT2D eigenvalue weighted by molar-refractivity contribution is 7.90. The van der Waals surface area contributed by atoms with Crippen molar-refractivity contribution in [1.82, 2.24) is 0 Å². The van der Waals surface area contributed by atoms with Crippen LogP contribution >= 0.6 is 0 Å². The molecule has 0 radical (unpaired) electrons. The molecule has 1 amide bonds. The van der Waals surface area contributed by atoms with E-state index in [-0.39, 0.29) is 24.7 Å². The molecular weight excluding hydrogens is 350 g/mol. The maximum atomic E-state index is 12.6. The first-order valence-corrected chi connectivity index (χ1v) is 10.1. The molecule has 1 heterocycles. The normalized spacial score (nSPS) is 14.2. The van der Waals surface area contributed by atoms with Crippen molar-refractivity contribution in [3.63, 3.8) is 0 Å². The summed E-state index contributed by atoms with van der Waals surface area (Å²) in [4.78, 5) is 18.5. The molecule has 6 nitrogen and oxygen atoms in total. The number of hydrogen-bond acceptors (Lipinski definition) is 5. The van der Waals surface area contributed by atoms with Crippen LogP contribution < -0.4 is 4.90 Å². The molecule has 0 unspecified atom stereocenters. The molecule has 3 rings (SSSR count). The number of nitrogens with zero attached hydrogens (tertiary/aromatic N) is 3. The van der Waals surface area contributed by atoms with E-state index in [1.807, 2.05) is 30.3 Å². The summed E-state index contributed by atoms with van der Waals surface area (Å²) in [5, 5.41) is 9.24. The third kappa shape index (κ3) is 3.81. The second-order valence-corrected chi connectivity index (χ2v) is 8.31. The number of carbonyl (C=O) groups is 1. The molecule has 7 heteroatoms. The summed E-state index contributed by atoms with van der Waals surface area (Å²) >= 11 is 0. The molecule has 0 saturated heterocycles. The molecule has 0 aromatic heterocycles. The number of benzene rings is 2. The van der Waals surface area contributed by atoms with E-state index in [4.69, 9.17) is 0 Å². The minimum absolute atomic E-state index is 0.0498. The van der Waals surface area contributed by atoms with Crippen LogP contribution in [0.3, 0.4) is 0 Å². The lowest BCUT2D eigenvalue weighted by atomic mass is 9.98. The van der Waals surface area contributed by atoms with E-state index in [9.17, 15) is 18.5 Å². The zero-order valence-electron chi connectivity index (χ0n) is 14.2. The second kappa shape index (κ2) is 7.10. The third-order valence-corrected chi connectivity index (χ3v) is 5.00. The van der Waals surface area contributed by atoms with Gasteiger partial charge < -0.3 is 4.90 Å². The summed E-state index contributed by atoms with van der Waals surface area (Å²) in [5.41, 5.74) is 3.12. The quantitative estimate of drug-likeness (QED) is 0.824. The Kier molecular flexibility index (Phi) is 4.87. The van der Waals surface area contributed by atoms with Crippen LogP contribution in [-0.4, -0.2) is 45.1 Å². The number of fused-ring (bicyclic) bond motifs is 1. The van der Waals surface area contributed by atoms with Crippen molar-refractivity contribution < 1.29 is 13.2 Å². The van der Waals surface area contributed by atoms with Gasteiger partial charge in [0.1, 0.15) is 16.4 Å². The predicted octanol–water partition coefficient (Wildman–Crippen LogP) is 1.79. The van der Waals surface area contributed by atoms with Crippen LogP contribution in [0.1, 0.15) is 16.7 Å². The molecule has 0 aliphatic carbocycles. The van der Waals surface area contributed by atoms with Gasteiger partial charge in [0, 0.05) is 23.9 Å². The van der Waals surface area contributed by atoms with Crippen molar-refractivity contribution in [2.75, 3.05) is 30.0 Å². The van der Waals surface area contributed by atoms with E-state index in [1.54, 1.807) is 18.2 Å². The average Bonchev–Trinajstić information content (AvgIpc) is 2.75. The van der Waals surface area contributed by atoms with Gasteiger partial charge in [0.05, 0.1) is 28.8 Å². The van der Waals surface area contributed by atoms with Gasteiger partial charge in [-0.1, -0.05) is 30.3 Å². The molecule has 1 aliphatic heterocycles. The van der Waals surface area contributed by atoms with E-state index in [0.717, 1.165) is 11.8 Å². The fourth-order valence-electron chi connectivity index (χ4n) is 2.83. The van der Waals surface area contributed by atoms with Crippen molar-refractivity contribution in [1.29, 1.82) is 5.26 Å². The van der Waals surface area contributed by atoms with Gasteiger partial charge >= 0.3 is 0 Å². The molecule has 0 fully saturated rings. The second-order valence-electron chi connectivity index (χ2n) is 6.05. The van der Waals surface area contributed by atoms with Crippen molar-refractivity contribution in [3.8, 4) is 6.07 Å². The monoisotopic (exact) mass is 367 g/mol. The highest BCUT2D eigenvalue weighted by Gasteiger charge is 2.26. The van der Waals surface area contributed by atoms with E-state index in [2.05, 4.69) is 11.1 Å². The fourth-order valence-corrected chi connectivity index (χ4v) is 3.34. The molecule has 0 spiro atoms. The van der Waals surface area contributed by atoms with E-state index in [1.165, 1.54) is 4.90 Å². The third-order valence-electron chi connectivity index (χ3n) is 4.08. The number of hydrogen-bond donors (Lipinski definition) is 0. The lowest BCUT2D eigenvalue weighted by molar-refractivity contribution is -0.117. The topological polar surface area (TPSA) is 90.6 Å². The Labute approximate surface area is 152 Å². The number of nitriles is 1. The standard InChI is InChI=1S/C19H17N3O3S/c1-26(24,25)10-9-22-17-8-7-14(12-20)11-16(17)19(21-13-18(22)23)15-5-3-2-4-6-15/h2-8,11H,9-10,13H2,1H3. The molecule has 0 bridgehead atoms. The minimum Gasteiger partial charge on any atom is -0.309 e. The van der Waals surface area contributed by atoms with Crippen LogP contribution in [0.2, 0.25) is 0 Å². The zero-order chi connectivity index (χ0) is 18.7. The van der Waals surface area contributed by atoms with Crippen LogP contribution in [0.15, 0.2) is 53.5 Å². The lowest BCUT2D eigenvalue weighted by Crippen LogP contribution is -2.36. The Hall–Kier alpha value is -2.98. The summed E-state index contributed by atoms with van der Waals surface area (Å²) in [5.74, 6) is -0.413. The Morgan fingerprint density at radius 1 is 1.19 bits per heavy atom. The minimum atomic E-state index is -3.22. The molecule has 2 aromatic carbocycles. The predicted molar refractivity (Wildman–Crippen MR) is 100 cm³/mol. The zero-order valence-corrected chi connectivity index (χ0v) is 15.0. The molecule has 26 heavy (non-hydrogen) atoms. The van der Waals surface area contributed by atoms with Crippen LogP contribution in [0.4, 0.5) is 5.69 Å². The Morgan fingerprint density at radius 2 is 1.92 bits per heavy atom. The van der Waals surface area contributed by atoms with Gasteiger partial charge in [0.2, 0.25) is 5.91 Å². The van der Waals surface area contributed by atoms with Gasteiger partial charge in [0.15, 0.2) is 0 Å². The largest absolute Gasteiger partial charge is 0.309 e. The molecule has 2 aromatic rings. The number of anilines is 1. The van der Waals surface area contributed by atoms with Gasteiger partial charge in [0.25, 0.3) is 0 Å². The van der Waals surface area contributed by atoms with Gasteiger partial charge in [-0.15, -0.1) is 0 Å². The number of sulfone groups is 1. The van der Waals surface area contributed by atoms with Crippen LogP contribution in [-0.2, 0) is 14.6 Å². The van der Waals surface area contributed by atoms with Crippen LogP contribution in [0.25, 0.3) is 0 Å². The fraction of sp³-hybridized carbons (Fsp3) is 0.211. The smallest absolute Gasteiger partial charge is 0.248 e. The van der Waals surface area contributed by atoms with Crippen LogP contribution in [0, 0.1) is 11.3 Å². The molecular formula is C19H17N3O3S. The molecule has 1 aliphatic rings. The van der Waals surface area contributed by atoms with Crippen molar-refractivity contribution in [2.45, 2.75) is 0 Å². The van der Waals surface area contributed by atoms with Gasteiger partial charge in [-0.25, -0.2) is 8.42 Å². The molecule has 132 valence electrons. The first kappa shape index (κ1) is 17.8. The summed E-state index contributed by atoms with van der Waals surface area (Å²) < 4.78 is 23.1. The Balaban J connectivity index is 2.13. The Bertz CT molecular complexity index is 1020. The maximum absolute atomic E-state index is 12.6. The van der Waals surface area contributed by atoms with Crippen molar-refractivity contribution in [2.24, 2.45) is 4.99 Å². The van der Waals surface area contributed by atoms with E-state index in [0.29, 0.717) is 22.5 Å². The molecule has 0 atom stereocenters. The maximum Gasteiger partial charge on any atom is 0.248 e. The SMILES string of the molecule is CS(=O)(=O)CCN1C(=O)CN=C(c2ccccc2)c2cc(C#N)ccc21. The molecule has 0 N–H and O–H groups in total. The van der Waals surface area contributed by atoms with Crippen LogP contribution in [0.5, 0.6) is 0 Å². The number of carbonyl (C=O) groups excluding carboxylic acids is 1. The lowest BCUT2D eigenvalue weighted by Gasteiger charge is -2.23. The van der Waals surface area contributed by atoms with Gasteiger partial charge in [-0.05, 0) is 18.2 Å². The number of benzodiazepines with no additional fused rings is 1. The van der Waals surface area contributed by atoms with E-state index < -0.39 is 9.84 Å². The van der Waals surface area contributed by atoms with Crippen molar-refractivity contribution >= 4 is 27.1 Å². The highest BCUT2D eigenvalue weighted by Crippen LogP contribution is 2.28. The first-order chi connectivity index (χ1) is 12.4. The van der Waals surface area contributed by atoms with E-state index >= 15 is 0 Å². The average molecular weight is 367 g/mol. The summed E-state index contributed by atoms with van der Waals surface area (Å²) in [6, 6.07) is 16.5. The summed E-state index contributed by atoms with van der Waals surface area (Å²) in [6.45, 7) is -0.0291. The molecule has 0 saturated carbocycles.